The Morgan fingerprint density at radius 3 is 2.83 bits per heavy atom. The van der Waals surface area contributed by atoms with Crippen molar-refractivity contribution in [3.63, 3.8) is 0 Å². The van der Waals surface area contributed by atoms with Crippen LogP contribution < -0.4 is 9.47 Å². The number of aromatic nitrogens is 2. The Hall–Kier alpha value is -1.74. The molecule has 0 spiro atoms. The van der Waals surface area contributed by atoms with Gasteiger partial charge in [0.2, 0.25) is 5.89 Å². The lowest BCUT2D eigenvalue weighted by atomic mass is 10.1. The maximum Gasteiger partial charge on any atom is 0.276 e. The van der Waals surface area contributed by atoms with Crippen molar-refractivity contribution in [3.05, 3.63) is 30.2 Å². The zero-order chi connectivity index (χ0) is 16.6. The molecule has 3 heterocycles. The Morgan fingerprint density at radius 1 is 1.21 bits per heavy atom. The number of hydrogen-bond acceptors (Lipinski definition) is 8. The predicted molar refractivity (Wildman–Crippen MR) is 87.4 cm³/mol. The van der Waals surface area contributed by atoms with Crippen LogP contribution in [0, 0.1) is 0 Å². The van der Waals surface area contributed by atoms with Crippen molar-refractivity contribution in [2.75, 3.05) is 23.9 Å². The molecule has 2 aliphatic heterocycles. The number of para-hydroxylation sites is 2. The molecular formula is C15H16N2O5S2. The first-order valence-corrected chi connectivity index (χ1v) is 10.4. The van der Waals surface area contributed by atoms with Gasteiger partial charge in [0.25, 0.3) is 5.22 Å². The van der Waals surface area contributed by atoms with Gasteiger partial charge < -0.3 is 13.9 Å². The molecule has 7 nitrogen and oxygen atoms in total. The molecule has 9 heteroatoms. The lowest BCUT2D eigenvalue weighted by Crippen LogP contribution is -2.31. The molecule has 0 aliphatic carbocycles. The molecule has 0 radical (unpaired) electrons. The Bertz CT molecular complexity index is 836. The molecule has 0 saturated carbocycles. The van der Waals surface area contributed by atoms with Crippen molar-refractivity contribution in [2.24, 2.45) is 0 Å². The summed E-state index contributed by atoms with van der Waals surface area (Å²) in [6, 6.07) is 7.55. The molecule has 4 rings (SSSR count). The third kappa shape index (κ3) is 3.36. The fraction of sp³-hybridized carbons (Fsp3) is 0.467. The van der Waals surface area contributed by atoms with Gasteiger partial charge in [0.15, 0.2) is 21.3 Å². The molecule has 0 bridgehead atoms. The summed E-state index contributed by atoms with van der Waals surface area (Å²) in [4.78, 5) is 0. The van der Waals surface area contributed by atoms with E-state index in [2.05, 4.69) is 10.2 Å². The summed E-state index contributed by atoms with van der Waals surface area (Å²) in [5.41, 5.74) is 0. The third-order valence-corrected chi connectivity index (χ3v) is 6.68. The summed E-state index contributed by atoms with van der Waals surface area (Å²) < 4.78 is 40.2. The van der Waals surface area contributed by atoms with Gasteiger partial charge in [0.05, 0.1) is 17.4 Å². The average Bonchev–Trinajstić information content (AvgIpc) is 3.19. The zero-order valence-corrected chi connectivity index (χ0v) is 14.4. The van der Waals surface area contributed by atoms with Gasteiger partial charge in [-0.25, -0.2) is 8.42 Å². The van der Waals surface area contributed by atoms with Crippen LogP contribution in [0.4, 0.5) is 0 Å². The molecule has 0 amide bonds. The standard InChI is InChI=1S/C15H16N2O5S2/c18-24(19)6-5-10(9-24)14-16-17-15(22-14)23-8-11-7-20-12-3-1-2-4-13(12)21-11/h1-4,10-11H,5-9H2/t10-,11-/m1/s1. The highest BCUT2D eigenvalue weighted by atomic mass is 32.2. The summed E-state index contributed by atoms with van der Waals surface area (Å²) in [5, 5.41) is 8.41. The van der Waals surface area contributed by atoms with Crippen LogP contribution in [0.15, 0.2) is 33.9 Å². The van der Waals surface area contributed by atoms with E-state index in [1.54, 1.807) is 0 Å². The summed E-state index contributed by atoms with van der Waals surface area (Å²) in [7, 11) is -2.96. The predicted octanol–water partition coefficient (Wildman–Crippen LogP) is 1.90. The van der Waals surface area contributed by atoms with Gasteiger partial charge in [-0.3, -0.25) is 0 Å². The fourth-order valence-electron chi connectivity index (χ4n) is 2.74. The second kappa shape index (κ2) is 6.29. The molecule has 0 unspecified atom stereocenters. The van der Waals surface area contributed by atoms with Crippen molar-refractivity contribution in [3.8, 4) is 11.5 Å². The molecule has 24 heavy (non-hydrogen) atoms. The van der Waals surface area contributed by atoms with Crippen molar-refractivity contribution in [2.45, 2.75) is 23.7 Å². The van der Waals surface area contributed by atoms with E-state index >= 15 is 0 Å². The van der Waals surface area contributed by atoms with Crippen molar-refractivity contribution < 1.29 is 22.3 Å². The monoisotopic (exact) mass is 368 g/mol. The molecule has 0 N–H and O–H groups in total. The smallest absolute Gasteiger partial charge is 0.276 e. The van der Waals surface area contributed by atoms with Gasteiger partial charge in [0, 0.05) is 5.75 Å². The number of nitrogens with zero attached hydrogens (tertiary/aromatic N) is 2. The summed E-state index contributed by atoms with van der Waals surface area (Å²) in [6.07, 6.45) is 0.442. The number of thioether (sulfide) groups is 1. The highest BCUT2D eigenvalue weighted by Gasteiger charge is 2.33. The van der Waals surface area contributed by atoms with E-state index < -0.39 is 9.84 Å². The largest absolute Gasteiger partial charge is 0.486 e. The first-order valence-electron chi connectivity index (χ1n) is 7.64. The lowest BCUT2D eigenvalue weighted by Gasteiger charge is -2.25. The van der Waals surface area contributed by atoms with E-state index in [1.165, 1.54) is 11.8 Å². The number of benzene rings is 1. The Labute approximate surface area is 143 Å². The van der Waals surface area contributed by atoms with Crippen LogP contribution in [0.3, 0.4) is 0 Å². The van der Waals surface area contributed by atoms with E-state index in [9.17, 15) is 8.42 Å². The zero-order valence-electron chi connectivity index (χ0n) is 12.8. The van der Waals surface area contributed by atoms with Crippen LogP contribution >= 0.6 is 11.8 Å². The van der Waals surface area contributed by atoms with Crippen LogP contribution in [0.2, 0.25) is 0 Å². The molecule has 2 aromatic rings. The van der Waals surface area contributed by atoms with E-state index in [0.717, 1.165) is 11.5 Å². The molecule has 1 aromatic carbocycles. The quantitative estimate of drug-likeness (QED) is 0.756. The summed E-state index contributed by atoms with van der Waals surface area (Å²) in [6.45, 7) is 0.464. The minimum atomic E-state index is -2.96. The molecule has 2 aliphatic rings. The van der Waals surface area contributed by atoms with Gasteiger partial charge in [-0.1, -0.05) is 23.9 Å². The van der Waals surface area contributed by atoms with Gasteiger partial charge in [-0.05, 0) is 18.6 Å². The molecule has 128 valence electrons. The number of rotatable bonds is 4. The highest BCUT2D eigenvalue weighted by molar-refractivity contribution is 7.99. The molecule has 1 saturated heterocycles. The summed E-state index contributed by atoms with van der Waals surface area (Å²) in [5.74, 6) is 2.60. The maximum absolute atomic E-state index is 11.5. The SMILES string of the molecule is O=S1(=O)CC[C@@H](c2nnc(SC[C@H]3COc4ccccc4O3)o2)C1. The topological polar surface area (TPSA) is 91.5 Å². The highest BCUT2D eigenvalue weighted by Crippen LogP contribution is 2.33. The van der Waals surface area contributed by atoms with Crippen molar-refractivity contribution >= 4 is 21.6 Å². The third-order valence-electron chi connectivity index (χ3n) is 3.96. The van der Waals surface area contributed by atoms with Gasteiger partial charge in [-0.2, -0.15) is 0 Å². The van der Waals surface area contributed by atoms with E-state index in [-0.39, 0.29) is 23.5 Å². The van der Waals surface area contributed by atoms with Crippen LogP contribution in [-0.2, 0) is 9.84 Å². The second-order valence-corrected chi connectivity index (χ2v) is 9.01. The molecule has 1 aromatic heterocycles. The number of ether oxygens (including phenoxy) is 2. The Balaban J connectivity index is 1.34. The molecular weight excluding hydrogens is 352 g/mol. The maximum atomic E-state index is 11.5. The van der Waals surface area contributed by atoms with Crippen LogP contribution in [0.5, 0.6) is 11.5 Å². The minimum Gasteiger partial charge on any atom is -0.486 e. The van der Waals surface area contributed by atoms with Crippen LogP contribution in [-0.4, -0.2) is 48.6 Å². The Kier molecular flexibility index (Phi) is 4.13. The lowest BCUT2D eigenvalue weighted by molar-refractivity contribution is 0.107. The normalized spacial score (nSPS) is 24.8. The van der Waals surface area contributed by atoms with E-state index in [1.807, 2.05) is 24.3 Å². The Morgan fingerprint density at radius 2 is 2.04 bits per heavy atom. The number of fused-ring (bicyclic) bond motifs is 1. The van der Waals surface area contributed by atoms with Crippen molar-refractivity contribution in [1.29, 1.82) is 0 Å². The van der Waals surface area contributed by atoms with Crippen LogP contribution in [0.25, 0.3) is 0 Å². The first-order chi connectivity index (χ1) is 11.6. The van der Waals surface area contributed by atoms with Crippen molar-refractivity contribution in [1.82, 2.24) is 10.2 Å². The van der Waals surface area contributed by atoms with Crippen LogP contribution in [0.1, 0.15) is 18.2 Å². The minimum absolute atomic E-state index is 0.0929. The number of hydrogen-bond donors (Lipinski definition) is 0. The van der Waals surface area contributed by atoms with Gasteiger partial charge in [0.1, 0.15) is 12.7 Å². The van der Waals surface area contributed by atoms with E-state index in [0.29, 0.717) is 29.9 Å². The molecule has 2 atom stereocenters. The van der Waals surface area contributed by atoms with Gasteiger partial charge in [-0.15, -0.1) is 10.2 Å². The van der Waals surface area contributed by atoms with Gasteiger partial charge >= 0.3 is 0 Å². The average molecular weight is 368 g/mol. The molecule has 1 fully saturated rings. The second-order valence-electron chi connectivity index (χ2n) is 5.81. The summed E-state index contributed by atoms with van der Waals surface area (Å²) >= 11 is 1.39. The number of sulfone groups is 1. The fourth-order valence-corrected chi connectivity index (χ4v) is 5.21. The van der Waals surface area contributed by atoms with E-state index in [4.69, 9.17) is 13.9 Å². The first kappa shape index (κ1) is 15.8.